The molecule has 0 saturated carbocycles. The quantitative estimate of drug-likeness (QED) is 0.544. The zero-order chi connectivity index (χ0) is 12.6. The molecular weight excluding hydrogens is 237 g/mol. The lowest BCUT2D eigenvalue weighted by Crippen LogP contribution is -2.29. The van der Waals surface area contributed by atoms with E-state index in [1.54, 1.807) is 0 Å². The summed E-state index contributed by atoms with van der Waals surface area (Å²) >= 11 is 0. The van der Waals surface area contributed by atoms with E-state index in [-0.39, 0.29) is 0 Å². The molecule has 8 nitrogen and oxygen atoms in total. The highest BCUT2D eigenvalue weighted by Gasteiger charge is 2.47. The fourth-order valence-corrected chi connectivity index (χ4v) is 1.73. The first-order valence-electron chi connectivity index (χ1n) is 4.82. The maximum absolute atomic E-state index is 13.4. The molecule has 0 aliphatic carbocycles. The lowest BCUT2D eigenvalue weighted by atomic mass is 10.1. The Morgan fingerprint density at radius 3 is 2.94 bits per heavy atom. The third-order valence-corrected chi connectivity index (χ3v) is 2.55. The van der Waals surface area contributed by atoms with Gasteiger partial charge < -0.3 is 25.1 Å². The average Bonchev–Trinajstić information content (AvgIpc) is 2.86. The number of halogens is 1. The van der Waals surface area contributed by atoms with Crippen LogP contribution in [0.5, 0.6) is 0 Å². The number of aromatic nitrogens is 2. The summed E-state index contributed by atoms with van der Waals surface area (Å²) in [6.45, 7) is -0.614. The summed E-state index contributed by atoms with van der Waals surface area (Å²) in [4.78, 5) is 13.3. The van der Waals surface area contributed by atoms with Crippen molar-refractivity contribution in [3.05, 3.63) is 22.5 Å². The molecule has 0 radical (unpaired) electrons. The molecule has 0 spiro atoms. The Balaban J connectivity index is 2.29. The molecule has 1 fully saturated rings. The molecule has 2 heterocycles. The van der Waals surface area contributed by atoms with Gasteiger partial charge in [0.15, 0.2) is 6.17 Å². The summed E-state index contributed by atoms with van der Waals surface area (Å²) in [6.07, 6.45) is -3.49. The first-order chi connectivity index (χ1) is 8.06. The van der Waals surface area contributed by atoms with Crippen LogP contribution in [0.3, 0.4) is 0 Å². The van der Waals surface area contributed by atoms with Crippen molar-refractivity contribution >= 4 is 5.95 Å². The van der Waals surface area contributed by atoms with Crippen LogP contribution < -0.4 is 0 Å². The Kier molecular flexibility index (Phi) is 3.05. The Morgan fingerprint density at radius 2 is 2.41 bits per heavy atom. The highest BCUT2D eigenvalue weighted by Crippen LogP contribution is 2.33. The van der Waals surface area contributed by atoms with E-state index in [2.05, 4.69) is 4.98 Å². The highest BCUT2D eigenvalue weighted by atomic mass is 19.1. The first-order valence-corrected chi connectivity index (χ1v) is 4.82. The smallest absolute Gasteiger partial charge is 0.394 e. The van der Waals surface area contributed by atoms with Gasteiger partial charge in [0.25, 0.3) is 0 Å². The second-order valence-corrected chi connectivity index (χ2v) is 3.57. The maximum atomic E-state index is 13.4. The molecule has 94 valence electrons. The monoisotopic (exact) mass is 247 g/mol. The minimum atomic E-state index is -1.80. The number of rotatable bonds is 3. The van der Waals surface area contributed by atoms with Crippen LogP contribution in [0, 0.1) is 10.1 Å². The van der Waals surface area contributed by atoms with Gasteiger partial charge >= 0.3 is 5.95 Å². The predicted octanol–water partition coefficient (Wildman–Crippen LogP) is -0.620. The number of nitro groups is 1. The number of nitrogens with zero attached hydrogens (tertiary/aromatic N) is 3. The highest BCUT2D eigenvalue weighted by molar-refractivity contribution is 5.09. The summed E-state index contributed by atoms with van der Waals surface area (Å²) in [5.41, 5.74) is 0. The van der Waals surface area contributed by atoms with Crippen molar-refractivity contribution < 1.29 is 24.3 Å². The Morgan fingerprint density at radius 1 is 1.71 bits per heavy atom. The lowest BCUT2D eigenvalue weighted by Gasteiger charge is -2.12. The van der Waals surface area contributed by atoms with E-state index in [1.165, 1.54) is 6.20 Å². The Hall–Kier alpha value is -1.58. The maximum Gasteiger partial charge on any atom is 0.436 e. The fraction of sp³-hybridized carbons (Fsp3) is 0.625. The van der Waals surface area contributed by atoms with Crippen LogP contribution >= 0.6 is 0 Å². The molecule has 1 saturated heterocycles. The number of hydrogen-bond donors (Lipinski definition) is 2. The molecule has 1 unspecified atom stereocenters. The van der Waals surface area contributed by atoms with Gasteiger partial charge in [0, 0.05) is 0 Å². The van der Waals surface area contributed by atoms with E-state index in [1.807, 2.05) is 0 Å². The standard InChI is InChI=1S/C8H10FN3O5/c9-5-4(3-13)17-7(6(5)14)11-2-1-10-8(11)12(15)16/h1-2,4-7,13-14H,3H2/t4-,5-,6+,7?/m1/s1. The minimum Gasteiger partial charge on any atom is -0.394 e. The molecule has 9 heteroatoms. The number of hydrogen-bond acceptors (Lipinski definition) is 6. The van der Waals surface area contributed by atoms with Gasteiger partial charge in [-0.3, -0.25) is 0 Å². The second kappa shape index (κ2) is 4.35. The molecule has 1 aliphatic rings. The summed E-state index contributed by atoms with van der Waals surface area (Å²) in [5, 5.41) is 29.0. The van der Waals surface area contributed by atoms with Crippen LogP contribution in [0.2, 0.25) is 0 Å². The number of aliphatic hydroxyl groups excluding tert-OH is 2. The van der Waals surface area contributed by atoms with Crippen molar-refractivity contribution in [3.8, 4) is 0 Å². The van der Waals surface area contributed by atoms with E-state index in [0.717, 1.165) is 10.8 Å². The van der Waals surface area contributed by atoms with Crippen molar-refractivity contribution in [2.24, 2.45) is 0 Å². The van der Waals surface area contributed by atoms with Gasteiger partial charge in [0.1, 0.15) is 24.6 Å². The summed E-state index contributed by atoms with van der Waals surface area (Å²) < 4.78 is 19.4. The van der Waals surface area contributed by atoms with E-state index in [4.69, 9.17) is 9.84 Å². The van der Waals surface area contributed by atoms with Gasteiger partial charge in [0.05, 0.1) is 6.61 Å². The summed E-state index contributed by atoms with van der Waals surface area (Å²) in [6, 6.07) is 0. The topological polar surface area (TPSA) is 111 Å². The average molecular weight is 247 g/mol. The van der Waals surface area contributed by atoms with E-state index >= 15 is 0 Å². The molecule has 2 N–H and O–H groups in total. The van der Waals surface area contributed by atoms with Crippen molar-refractivity contribution in [2.45, 2.75) is 24.6 Å². The molecule has 1 aromatic heterocycles. The van der Waals surface area contributed by atoms with Crippen molar-refractivity contribution in [2.75, 3.05) is 6.61 Å². The molecule has 0 aromatic carbocycles. The fourth-order valence-electron chi connectivity index (χ4n) is 1.73. The van der Waals surface area contributed by atoms with Crippen LogP contribution in [-0.2, 0) is 4.74 Å². The van der Waals surface area contributed by atoms with Gasteiger partial charge in [-0.1, -0.05) is 4.98 Å². The number of ether oxygens (including phenoxy) is 1. The van der Waals surface area contributed by atoms with Crippen LogP contribution in [0.1, 0.15) is 6.23 Å². The van der Waals surface area contributed by atoms with Gasteiger partial charge in [-0.15, -0.1) is 0 Å². The van der Waals surface area contributed by atoms with Gasteiger partial charge in [-0.25, -0.2) is 4.39 Å². The number of imidazole rings is 1. The van der Waals surface area contributed by atoms with Crippen molar-refractivity contribution in [1.29, 1.82) is 0 Å². The van der Waals surface area contributed by atoms with E-state index < -0.39 is 42.1 Å². The van der Waals surface area contributed by atoms with Gasteiger partial charge in [0.2, 0.25) is 6.23 Å². The van der Waals surface area contributed by atoms with Crippen molar-refractivity contribution in [3.63, 3.8) is 0 Å². The van der Waals surface area contributed by atoms with E-state index in [9.17, 15) is 19.6 Å². The first kappa shape index (κ1) is 11.9. The lowest BCUT2D eigenvalue weighted by molar-refractivity contribution is -0.398. The predicted molar refractivity (Wildman–Crippen MR) is 50.8 cm³/mol. The summed E-state index contributed by atoms with van der Waals surface area (Å²) in [5.74, 6) is -0.556. The van der Waals surface area contributed by atoms with Crippen LogP contribution in [0.25, 0.3) is 0 Å². The molecular formula is C8H10FN3O5. The number of aliphatic hydroxyl groups is 2. The zero-order valence-corrected chi connectivity index (χ0v) is 8.51. The third kappa shape index (κ3) is 1.88. The summed E-state index contributed by atoms with van der Waals surface area (Å²) in [7, 11) is 0. The molecule has 1 aliphatic heterocycles. The third-order valence-electron chi connectivity index (χ3n) is 2.55. The second-order valence-electron chi connectivity index (χ2n) is 3.57. The number of alkyl halides is 1. The Bertz CT molecular complexity index is 425. The largest absolute Gasteiger partial charge is 0.436 e. The normalized spacial score (nSPS) is 32.9. The van der Waals surface area contributed by atoms with E-state index in [0.29, 0.717) is 0 Å². The Labute approximate surface area is 94.4 Å². The minimum absolute atomic E-state index is 0.556. The van der Waals surface area contributed by atoms with Gasteiger partial charge in [-0.2, -0.15) is 4.57 Å². The molecule has 17 heavy (non-hydrogen) atoms. The molecule has 4 atom stereocenters. The molecule has 0 amide bonds. The molecule has 2 rings (SSSR count). The van der Waals surface area contributed by atoms with Crippen molar-refractivity contribution in [1.82, 2.24) is 9.55 Å². The zero-order valence-electron chi connectivity index (χ0n) is 8.51. The van der Waals surface area contributed by atoms with Crippen LogP contribution in [0.15, 0.2) is 12.4 Å². The van der Waals surface area contributed by atoms with Crippen LogP contribution in [-0.4, -0.2) is 49.7 Å². The van der Waals surface area contributed by atoms with Gasteiger partial charge in [-0.05, 0) is 4.92 Å². The molecule has 1 aromatic rings. The van der Waals surface area contributed by atoms with Crippen LogP contribution in [0.4, 0.5) is 10.3 Å². The molecule has 0 bridgehead atoms. The SMILES string of the molecule is O=[N+]([O-])c1nccn1C1O[C@H](CO)[C@@H](F)[C@@H]1O.